The first-order valence-electron chi connectivity index (χ1n) is 10.0. The topological polar surface area (TPSA) is 44.9 Å². The van der Waals surface area contributed by atoms with Crippen LogP contribution in [0, 0.1) is 5.92 Å². The molecule has 0 radical (unpaired) electrons. The fraction of sp³-hybridized carbons (Fsp3) is 0.375. The lowest BCUT2D eigenvalue weighted by atomic mass is 9.87. The van der Waals surface area contributed by atoms with Crippen LogP contribution in [0.4, 0.5) is 0 Å². The van der Waals surface area contributed by atoms with E-state index < -0.39 is 0 Å². The third kappa shape index (κ3) is 4.60. The van der Waals surface area contributed by atoms with Gasteiger partial charge in [0.25, 0.3) is 0 Å². The van der Waals surface area contributed by atoms with Gasteiger partial charge in [0.15, 0.2) is 0 Å². The number of aryl methyl sites for hydroxylation is 1. The van der Waals surface area contributed by atoms with Crippen LogP contribution in [0.1, 0.15) is 56.2 Å². The standard InChI is InChI=1S/C24H30N2O/c1-4-18-11-8-12-20-22(16-26-24(18)20)21(19-9-6-5-7-10-19)15-23(27)25-14-13-17(2)3/h5-12,16-17,21,26H,4,13-15H2,1-3H3,(H,25,27). The Labute approximate surface area is 162 Å². The highest BCUT2D eigenvalue weighted by atomic mass is 16.1. The maximum absolute atomic E-state index is 12.6. The molecule has 1 amide bonds. The summed E-state index contributed by atoms with van der Waals surface area (Å²) in [5, 5.41) is 4.32. The number of rotatable bonds is 8. The van der Waals surface area contributed by atoms with E-state index >= 15 is 0 Å². The van der Waals surface area contributed by atoms with E-state index in [1.807, 2.05) is 18.2 Å². The summed E-state index contributed by atoms with van der Waals surface area (Å²) < 4.78 is 0. The lowest BCUT2D eigenvalue weighted by Crippen LogP contribution is -2.27. The van der Waals surface area contributed by atoms with Crippen molar-refractivity contribution in [2.24, 2.45) is 5.92 Å². The van der Waals surface area contributed by atoms with Crippen LogP contribution in [0.15, 0.2) is 54.7 Å². The Hall–Kier alpha value is -2.55. The van der Waals surface area contributed by atoms with E-state index in [0.717, 1.165) is 19.4 Å². The Bertz CT molecular complexity index is 880. The molecule has 0 spiro atoms. The first kappa shape index (κ1) is 19.2. The average molecular weight is 363 g/mol. The fourth-order valence-corrected chi connectivity index (χ4v) is 3.67. The number of carbonyl (C=O) groups excluding carboxylic acids is 1. The van der Waals surface area contributed by atoms with Crippen molar-refractivity contribution in [1.82, 2.24) is 10.3 Å². The molecule has 1 heterocycles. The van der Waals surface area contributed by atoms with Crippen molar-refractivity contribution in [3.8, 4) is 0 Å². The summed E-state index contributed by atoms with van der Waals surface area (Å²) in [5.74, 6) is 0.757. The molecule has 0 aliphatic heterocycles. The van der Waals surface area contributed by atoms with Crippen LogP contribution in [-0.2, 0) is 11.2 Å². The largest absolute Gasteiger partial charge is 0.361 e. The summed E-state index contributed by atoms with van der Waals surface area (Å²) in [6.45, 7) is 7.27. The zero-order valence-electron chi connectivity index (χ0n) is 16.6. The molecule has 1 unspecified atom stereocenters. The molecule has 0 saturated heterocycles. The van der Waals surface area contributed by atoms with E-state index in [4.69, 9.17) is 0 Å². The Balaban J connectivity index is 1.91. The lowest BCUT2D eigenvalue weighted by Gasteiger charge is -2.17. The lowest BCUT2D eigenvalue weighted by molar-refractivity contribution is -0.121. The quantitative estimate of drug-likeness (QED) is 0.552. The van der Waals surface area contributed by atoms with Gasteiger partial charge in [0.1, 0.15) is 0 Å². The van der Waals surface area contributed by atoms with Gasteiger partial charge in [-0.05, 0) is 35.4 Å². The molecule has 142 valence electrons. The monoisotopic (exact) mass is 362 g/mol. The van der Waals surface area contributed by atoms with Crippen molar-refractivity contribution >= 4 is 16.8 Å². The van der Waals surface area contributed by atoms with Crippen molar-refractivity contribution in [2.75, 3.05) is 6.54 Å². The van der Waals surface area contributed by atoms with E-state index in [-0.39, 0.29) is 11.8 Å². The number of hydrogen-bond acceptors (Lipinski definition) is 1. The molecule has 3 heteroatoms. The third-order valence-corrected chi connectivity index (χ3v) is 5.23. The zero-order valence-corrected chi connectivity index (χ0v) is 16.6. The molecule has 1 atom stereocenters. The molecule has 0 aliphatic carbocycles. The number of carbonyl (C=O) groups is 1. The maximum Gasteiger partial charge on any atom is 0.220 e. The second-order valence-electron chi connectivity index (χ2n) is 7.64. The van der Waals surface area contributed by atoms with Crippen LogP contribution in [0.3, 0.4) is 0 Å². The smallest absolute Gasteiger partial charge is 0.220 e. The molecule has 0 aliphatic rings. The van der Waals surface area contributed by atoms with Crippen molar-refractivity contribution in [2.45, 2.75) is 46.0 Å². The normalized spacial score (nSPS) is 12.4. The van der Waals surface area contributed by atoms with Crippen LogP contribution >= 0.6 is 0 Å². The predicted octanol–water partition coefficient (Wildman–Crippen LogP) is 5.41. The molecular formula is C24H30N2O. The van der Waals surface area contributed by atoms with Gasteiger partial charge in [0, 0.05) is 36.0 Å². The minimum Gasteiger partial charge on any atom is -0.361 e. The molecule has 3 aromatic rings. The van der Waals surface area contributed by atoms with Gasteiger partial charge in [0.05, 0.1) is 0 Å². The molecular weight excluding hydrogens is 332 g/mol. The molecule has 27 heavy (non-hydrogen) atoms. The fourth-order valence-electron chi connectivity index (χ4n) is 3.67. The number of hydrogen-bond donors (Lipinski definition) is 2. The summed E-state index contributed by atoms with van der Waals surface area (Å²) >= 11 is 0. The van der Waals surface area contributed by atoms with Crippen LogP contribution < -0.4 is 5.32 Å². The van der Waals surface area contributed by atoms with E-state index in [1.54, 1.807) is 0 Å². The van der Waals surface area contributed by atoms with Gasteiger partial charge < -0.3 is 10.3 Å². The van der Waals surface area contributed by atoms with Crippen molar-refractivity contribution in [1.29, 1.82) is 0 Å². The number of benzene rings is 2. The van der Waals surface area contributed by atoms with Crippen molar-refractivity contribution < 1.29 is 4.79 Å². The highest BCUT2D eigenvalue weighted by Gasteiger charge is 2.21. The van der Waals surface area contributed by atoms with Gasteiger partial charge in [0.2, 0.25) is 5.91 Å². The minimum atomic E-state index is 0.0473. The van der Waals surface area contributed by atoms with Crippen molar-refractivity contribution in [3.63, 3.8) is 0 Å². The zero-order chi connectivity index (χ0) is 19.2. The van der Waals surface area contributed by atoms with Crippen molar-refractivity contribution in [3.05, 3.63) is 71.4 Å². The molecule has 3 nitrogen and oxygen atoms in total. The molecule has 2 aromatic carbocycles. The molecule has 1 aromatic heterocycles. The first-order chi connectivity index (χ1) is 13.1. The number of amides is 1. The highest BCUT2D eigenvalue weighted by molar-refractivity contribution is 5.88. The Morgan fingerprint density at radius 1 is 1.07 bits per heavy atom. The number of H-pyrrole nitrogens is 1. The van der Waals surface area contributed by atoms with Crippen LogP contribution in [0.25, 0.3) is 10.9 Å². The highest BCUT2D eigenvalue weighted by Crippen LogP contribution is 2.34. The Morgan fingerprint density at radius 2 is 1.85 bits per heavy atom. The van der Waals surface area contributed by atoms with Gasteiger partial charge in [-0.2, -0.15) is 0 Å². The number of aromatic amines is 1. The first-order valence-corrected chi connectivity index (χ1v) is 10.0. The van der Waals surface area contributed by atoms with Crippen LogP contribution in [-0.4, -0.2) is 17.4 Å². The summed E-state index contributed by atoms with van der Waals surface area (Å²) in [5.41, 5.74) is 4.88. The number of aromatic nitrogens is 1. The Morgan fingerprint density at radius 3 is 2.56 bits per heavy atom. The van der Waals surface area contributed by atoms with E-state index in [0.29, 0.717) is 12.3 Å². The van der Waals surface area contributed by atoms with E-state index in [2.05, 4.69) is 67.6 Å². The molecule has 0 bridgehead atoms. The number of nitrogens with one attached hydrogen (secondary N) is 2. The molecule has 3 rings (SSSR count). The second-order valence-corrected chi connectivity index (χ2v) is 7.64. The SMILES string of the molecule is CCc1cccc2c(C(CC(=O)NCCC(C)C)c3ccccc3)c[nH]c12. The summed E-state index contributed by atoms with van der Waals surface area (Å²) in [6.07, 6.45) is 4.55. The molecule has 2 N–H and O–H groups in total. The predicted molar refractivity (Wildman–Crippen MR) is 113 cm³/mol. The second kappa shape index (κ2) is 8.90. The molecule has 0 saturated carbocycles. The third-order valence-electron chi connectivity index (χ3n) is 5.23. The number of fused-ring (bicyclic) bond motifs is 1. The Kier molecular flexibility index (Phi) is 6.33. The summed E-state index contributed by atoms with van der Waals surface area (Å²) in [6, 6.07) is 16.8. The van der Waals surface area contributed by atoms with Gasteiger partial charge >= 0.3 is 0 Å². The maximum atomic E-state index is 12.6. The van der Waals surface area contributed by atoms with E-state index in [1.165, 1.54) is 27.6 Å². The summed E-state index contributed by atoms with van der Waals surface area (Å²) in [7, 11) is 0. The summed E-state index contributed by atoms with van der Waals surface area (Å²) in [4.78, 5) is 16.1. The number of para-hydroxylation sites is 1. The molecule has 0 fully saturated rings. The van der Waals surface area contributed by atoms with Crippen LogP contribution in [0.5, 0.6) is 0 Å². The minimum absolute atomic E-state index is 0.0473. The van der Waals surface area contributed by atoms with Gasteiger partial charge in [-0.3, -0.25) is 4.79 Å². The van der Waals surface area contributed by atoms with Gasteiger partial charge in [-0.25, -0.2) is 0 Å². The van der Waals surface area contributed by atoms with E-state index in [9.17, 15) is 4.79 Å². The van der Waals surface area contributed by atoms with Gasteiger partial charge in [-0.15, -0.1) is 0 Å². The average Bonchev–Trinajstić information content (AvgIpc) is 3.10. The van der Waals surface area contributed by atoms with Crippen LogP contribution in [0.2, 0.25) is 0 Å². The van der Waals surface area contributed by atoms with Gasteiger partial charge in [-0.1, -0.05) is 69.3 Å².